The zero-order chi connectivity index (χ0) is 39.4. The second-order valence-corrected chi connectivity index (χ2v) is 15.3. The van der Waals surface area contributed by atoms with Crippen LogP contribution in [0.2, 0.25) is 0 Å². The van der Waals surface area contributed by atoms with Crippen LogP contribution in [-0.2, 0) is 0 Å². The summed E-state index contributed by atoms with van der Waals surface area (Å²) in [4.78, 5) is 0. The molecule has 2 nitrogen and oxygen atoms in total. The zero-order valence-corrected chi connectivity index (χ0v) is 31.4. The standard InChI is InChI=1S/C52H32F4N2/c1-29-3-7-31(8-4-29)51-39-17-15-38(58-49-21-13-35(55)25-43(49)44-26-36(56)14-22-50(44)58)28-46(39)52(32-9-5-30(2)6-10-32)40-18-16-37(27-45(40)51)57-47-19-11-33(53)23-41(47)42-24-34(54)12-20-48(42)57/h3-28H,1-2H3. The van der Waals surface area contributed by atoms with Crippen molar-refractivity contribution in [3.63, 3.8) is 0 Å². The van der Waals surface area contributed by atoms with Crippen LogP contribution in [0.3, 0.4) is 0 Å². The first-order chi connectivity index (χ1) is 28.2. The van der Waals surface area contributed by atoms with Crippen molar-refractivity contribution in [3.05, 3.63) is 192 Å². The molecule has 11 aromatic rings. The molecule has 2 aromatic heterocycles. The van der Waals surface area contributed by atoms with Gasteiger partial charge in [-0.2, -0.15) is 0 Å². The van der Waals surface area contributed by atoms with Crippen LogP contribution in [0.1, 0.15) is 11.1 Å². The fourth-order valence-electron chi connectivity index (χ4n) is 9.04. The van der Waals surface area contributed by atoms with Crippen molar-refractivity contribution < 1.29 is 17.6 Å². The summed E-state index contributed by atoms with van der Waals surface area (Å²) >= 11 is 0. The van der Waals surface area contributed by atoms with Crippen LogP contribution in [0.25, 0.3) is 98.8 Å². The summed E-state index contributed by atoms with van der Waals surface area (Å²) < 4.78 is 63.0. The van der Waals surface area contributed by atoms with E-state index in [0.717, 1.165) is 88.4 Å². The summed E-state index contributed by atoms with van der Waals surface area (Å²) in [7, 11) is 0. The molecule has 58 heavy (non-hydrogen) atoms. The lowest BCUT2D eigenvalue weighted by Crippen LogP contribution is -1.98. The number of benzene rings is 9. The van der Waals surface area contributed by atoms with E-state index in [1.54, 1.807) is 24.3 Å². The van der Waals surface area contributed by atoms with Gasteiger partial charge in [-0.3, -0.25) is 0 Å². The highest BCUT2D eigenvalue weighted by Crippen LogP contribution is 2.46. The summed E-state index contributed by atoms with van der Waals surface area (Å²) in [6.45, 7) is 4.14. The Morgan fingerprint density at radius 2 is 0.603 bits per heavy atom. The van der Waals surface area contributed by atoms with Gasteiger partial charge in [0.1, 0.15) is 23.3 Å². The molecule has 0 aliphatic carbocycles. The Morgan fingerprint density at radius 1 is 0.293 bits per heavy atom. The minimum Gasteiger partial charge on any atom is -0.309 e. The van der Waals surface area contributed by atoms with E-state index in [1.807, 2.05) is 0 Å². The van der Waals surface area contributed by atoms with E-state index in [2.05, 4.69) is 108 Å². The van der Waals surface area contributed by atoms with Crippen LogP contribution in [0.15, 0.2) is 158 Å². The maximum absolute atomic E-state index is 14.7. The Hall–Kier alpha value is -7.18. The van der Waals surface area contributed by atoms with E-state index in [4.69, 9.17) is 0 Å². The monoisotopic (exact) mass is 760 g/mol. The highest BCUT2D eigenvalue weighted by molar-refractivity contribution is 6.22. The normalized spacial score (nSPS) is 12.0. The molecule has 278 valence electrons. The average Bonchev–Trinajstić information content (AvgIpc) is 3.71. The molecule has 0 amide bonds. The fraction of sp³-hybridized carbons (Fsp3) is 0.0385. The van der Waals surface area contributed by atoms with Crippen LogP contribution in [0.4, 0.5) is 17.6 Å². The number of aryl methyl sites for hydroxylation is 2. The Morgan fingerprint density at radius 3 is 0.914 bits per heavy atom. The van der Waals surface area contributed by atoms with Crippen molar-refractivity contribution in [1.29, 1.82) is 0 Å². The van der Waals surface area contributed by atoms with Crippen molar-refractivity contribution in [2.45, 2.75) is 13.8 Å². The molecule has 0 unspecified atom stereocenters. The van der Waals surface area contributed by atoms with Crippen LogP contribution in [0.5, 0.6) is 0 Å². The second kappa shape index (κ2) is 12.7. The summed E-state index contributed by atoms with van der Waals surface area (Å²) in [6.07, 6.45) is 0. The van der Waals surface area contributed by atoms with Gasteiger partial charge in [0.05, 0.1) is 22.1 Å². The van der Waals surface area contributed by atoms with Gasteiger partial charge in [-0.25, -0.2) is 17.6 Å². The van der Waals surface area contributed by atoms with Gasteiger partial charge in [-0.1, -0.05) is 71.8 Å². The summed E-state index contributed by atoms with van der Waals surface area (Å²) in [5, 5.41) is 6.61. The van der Waals surface area contributed by atoms with Gasteiger partial charge >= 0.3 is 0 Å². The predicted molar refractivity (Wildman–Crippen MR) is 230 cm³/mol. The third-order valence-corrected chi connectivity index (χ3v) is 11.7. The number of hydrogen-bond acceptors (Lipinski definition) is 0. The first-order valence-corrected chi connectivity index (χ1v) is 19.2. The van der Waals surface area contributed by atoms with Gasteiger partial charge in [-0.05, 0) is 155 Å². The number of rotatable bonds is 4. The van der Waals surface area contributed by atoms with Crippen molar-refractivity contribution >= 4 is 65.2 Å². The molecule has 0 N–H and O–H groups in total. The van der Waals surface area contributed by atoms with Gasteiger partial charge in [0, 0.05) is 32.9 Å². The number of nitrogens with zero attached hydrogens (tertiary/aromatic N) is 2. The van der Waals surface area contributed by atoms with Crippen LogP contribution in [-0.4, -0.2) is 9.13 Å². The topological polar surface area (TPSA) is 9.86 Å². The van der Waals surface area contributed by atoms with Gasteiger partial charge in [0.2, 0.25) is 0 Å². The molecule has 0 bridgehead atoms. The SMILES string of the molecule is Cc1ccc(-c2c3ccc(-n4c5ccc(F)cc5c5cc(F)ccc54)cc3c(-c3ccc(C)cc3)c3ccc(-n4c5ccc(F)cc5c5cc(F)ccc54)cc23)cc1. The Balaban J connectivity index is 1.28. The number of aromatic nitrogens is 2. The second-order valence-electron chi connectivity index (χ2n) is 15.3. The molecule has 0 aliphatic rings. The molecular weight excluding hydrogens is 729 g/mol. The Kier molecular flexibility index (Phi) is 7.45. The predicted octanol–water partition coefficient (Wildman–Crippen LogP) is 14.7. The molecule has 0 aliphatic heterocycles. The zero-order valence-electron chi connectivity index (χ0n) is 31.4. The Bertz CT molecular complexity index is 3150. The maximum Gasteiger partial charge on any atom is 0.123 e. The van der Waals surface area contributed by atoms with E-state index in [-0.39, 0.29) is 23.3 Å². The average molecular weight is 761 g/mol. The van der Waals surface area contributed by atoms with Crippen molar-refractivity contribution in [1.82, 2.24) is 9.13 Å². The molecule has 11 rings (SSSR count). The van der Waals surface area contributed by atoms with Gasteiger partial charge in [0.25, 0.3) is 0 Å². The smallest absolute Gasteiger partial charge is 0.123 e. The van der Waals surface area contributed by atoms with Gasteiger partial charge in [-0.15, -0.1) is 0 Å². The molecule has 0 radical (unpaired) electrons. The highest BCUT2D eigenvalue weighted by Gasteiger charge is 2.22. The van der Waals surface area contributed by atoms with E-state index in [0.29, 0.717) is 21.5 Å². The lowest BCUT2D eigenvalue weighted by atomic mass is 9.85. The minimum atomic E-state index is -0.384. The largest absolute Gasteiger partial charge is 0.309 e. The lowest BCUT2D eigenvalue weighted by molar-refractivity contribution is 0.628. The first-order valence-electron chi connectivity index (χ1n) is 19.2. The molecule has 9 aromatic carbocycles. The van der Waals surface area contributed by atoms with E-state index in [9.17, 15) is 17.6 Å². The van der Waals surface area contributed by atoms with Crippen molar-refractivity contribution in [3.8, 4) is 33.6 Å². The quantitative estimate of drug-likeness (QED) is 0.125. The third kappa shape index (κ3) is 5.18. The molecule has 2 heterocycles. The lowest BCUT2D eigenvalue weighted by Gasteiger charge is -2.20. The number of fused-ring (bicyclic) bond motifs is 8. The van der Waals surface area contributed by atoms with E-state index in [1.165, 1.54) is 48.5 Å². The third-order valence-electron chi connectivity index (χ3n) is 11.7. The van der Waals surface area contributed by atoms with Gasteiger partial charge < -0.3 is 9.13 Å². The molecule has 0 saturated carbocycles. The molecule has 0 spiro atoms. The Labute approximate surface area is 330 Å². The van der Waals surface area contributed by atoms with E-state index >= 15 is 0 Å². The molecular formula is C52H32F4N2. The van der Waals surface area contributed by atoms with E-state index < -0.39 is 0 Å². The van der Waals surface area contributed by atoms with Gasteiger partial charge in [0.15, 0.2) is 0 Å². The van der Waals surface area contributed by atoms with Crippen LogP contribution < -0.4 is 0 Å². The molecule has 0 saturated heterocycles. The molecule has 0 fully saturated rings. The number of halogens is 4. The molecule has 0 atom stereocenters. The fourth-order valence-corrected chi connectivity index (χ4v) is 9.04. The minimum absolute atomic E-state index is 0.384. The van der Waals surface area contributed by atoms with Crippen molar-refractivity contribution in [2.24, 2.45) is 0 Å². The molecule has 6 heteroatoms. The first kappa shape index (κ1) is 34.1. The van der Waals surface area contributed by atoms with Crippen LogP contribution >= 0.6 is 0 Å². The number of hydrogen-bond donors (Lipinski definition) is 0. The summed E-state index contributed by atoms with van der Waals surface area (Å²) in [6, 6.07) is 48.6. The van der Waals surface area contributed by atoms with Crippen LogP contribution in [0, 0.1) is 37.1 Å². The summed E-state index contributed by atoms with van der Waals surface area (Å²) in [5.41, 5.74) is 11.2. The summed E-state index contributed by atoms with van der Waals surface area (Å²) in [5.74, 6) is -1.54. The van der Waals surface area contributed by atoms with Crippen molar-refractivity contribution in [2.75, 3.05) is 0 Å². The highest BCUT2D eigenvalue weighted by atomic mass is 19.1. The maximum atomic E-state index is 14.7.